The van der Waals surface area contributed by atoms with E-state index in [2.05, 4.69) is 14.8 Å². The smallest absolute Gasteiger partial charge is 0.348 e. The minimum atomic E-state index is -4.52. The van der Waals surface area contributed by atoms with Gasteiger partial charge in [-0.1, -0.05) is 12.1 Å². The highest BCUT2D eigenvalue weighted by Crippen LogP contribution is 2.28. The number of aromatic nitrogens is 2. The number of alkyl halides is 3. The topological polar surface area (TPSA) is 96.7 Å². The van der Waals surface area contributed by atoms with Crippen molar-refractivity contribution in [2.75, 3.05) is 12.3 Å². The summed E-state index contributed by atoms with van der Waals surface area (Å²) in [6.45, 7) is 0.348. The van der Waals surface area contributed by atoms with Gasteiger partial charge in [0.2, 0.25) is 0 Å². The SMILES string of the molecule is O=C(NCc1ccc(-n2ccc(C(F)(F)F)n2)cc1)C1=CC=CN2CCS(=O)(=O)N=C12. The van der Waals surface area contributed by atoms with Crippen LogP contribution in [0.1, 0.15) is 11.3 Å². The zero-order chi connectivity index (χ0) is 22.2. The van der Waals surface area contributed by atoms with E-state index in [0.29, 0.717) is 11.3 Å². The van der Waals surface area contributed by atoms with Gasteiger partial charge in [-0.3, -0.25) is 4.79 Å². The molecule has 0 aliphatic carbocycles. The number of allylic oxidation sites excluding steroid dienone is 2. The minimum absolute atomic E-state index is 0.0840. The third-order valence-corrected chi connectivity index (χ3v) is 5.79. The molecule has 2 aliphatic rings. The van der Waals surface area contributed by atoms with E-state index in [1.807, 2.05) is 0 Å². The summed E-state index contributed by atoms with van der Waals surface area (Å²) in [7, 11) is -3.61. The molecule has 31 heavy (non-hydrogen) atoms. The van der Waals surface area contributed by atoms with Gasteiger partial charge in [-0.15, -0.1) is 4.40 Å². The monoisotopic (exact) mass is 451 g/mol. The number of carbonyl (C=O) groups excluding carboxylic acids is 1. The Balaban J connectivity index is 1.43. The van der Waals surface area contributed by atoms with Gasteiger partial charge in [0, 0.05) is 25.5 Å². The number of nitrogens with one attached hydrogen (secondary N) is 1. The Kier molecular flexibility index (Phi) is 5.17. The van der Waals surface area contributed by atoms with Crippen LogP contribution in [-0.2, 0) is 27.5 Å². The molecule has 0 unspecified atom stereocenters. The first-order valence-corrected chi connectivity index (χ1v) is 10.7. The van der Waals surface area contributed by atoms with Crippen LogP contribution >= 0.6 is 0 Å². The van der Waals surface area contributed by atoms with E-state index < -0.39 is 27.8 Å². The van der Waals surface area contributed by atoms with Gasteiger partial charge in [0.1, 0.15) is 0 Å². The Morgan fingerprint density at radius 3 is 2.58 bits per heavy atom. The summed E-state index contributed by atoms with van der Waals surface area (Å²) >= 11 is 0. The summed E-state index contributed by atoms with van der Waals surface area (Å²) < 4.78 is 66.5. The van der Waals surface area contributed by atoms with Gasteiger partial charge in [0.15, 0.2) is 11.5 Å². The summed E-state index contributed by atoms with van der Waals surface area (Å²) in [5, 5.41) is 6.21. The van der Waals surface area contributed by atoms with Crippen LogP contribution in [0.4, 0.5) is 13.2 Å². The zero-order valence-electron chi connectivity index (χ0n) is 15.9. The number of hydrogen-bond donors (Lipinski definition) is 1. The quantitative estimate of drug-likeness (QED) is 0.767. The van der Waals surface area contributed by atoms with Gasteiger partial charge in [-0.25, -0.2) is 13.1 Å². The van der Waals surface area contributed by atoms with Crippen LogP contribution < -0.4 is 5.32 Å². The second-order valence-electron chi connectivity index (χ2n) is 6.81. The Hall–Kier alpha value is -3.41. The van der Waals surface area contributed by atoms with E-state index >= 15 is 0 Å². The minimum Gasteiger partial charge on any atom is -0.348 e. The molecule has 0 bridgehead atoms. The predicted molar refractivity (Wildman–Crippen MR) is 106 cm³/mol. The van der Waals surface area contributed by atoms with Gasteiger partial charge >= 0.3 is 6.18 Å². The number of amides is 1. The van der Waals surface area contributed by atoms with Crippen LogP contribution in [-0.4, -0.2) is 47.1 Å². The lowest BCUT2D eigenvalue weighted by Gasteiger charge is -2.28. The molecule has 3 heterocycles. The van der Waals surface area contributed by atoms with Gasteiger partial charge in [-0.05, 0) is 35.9 Å². The van der Waals surface area contributed by atoms with Gasteiger partial charge in [0.05, 0.1) is 17.0 Å². The van der Waals surface area contributed by atoms with Crippen molar-refractivity contribution < 1.29 is 26.4 Å². The highest BCUT2D eigenvalue weighted by molar-refractivity contribution is 7.90. The molecular weight excluding hydrogens is 435 g/mol. The van der Waals surface area contributed by atoms with Crippen molar-refractivity contribution in [3.05, 3.63) is 71.7 Å². The average molecular weight is 451 g/mol. The van der Waals surface area contributed by atoms with Crippen molar-refractivity contribution in [2.45, 2.75) is 12.7 Å². The fourth-order valence-electron chi connectivity index (χ4n) is 3.06. The molecule has 2 aliphatic heterocycles. The number of amidine groups is 1. The van der Waals surface area contributed by atoms with E-state index in [1.54, 1.807) is 41.4 Å². The largest absolute Gasteiger partial charge is 0.435 e. The first kappa shape index (κ1) is 20.8. The number of halogens is 3. The maximum absolute atomic E-state index is 12.7. The molecule has 0 saturated carbocycles. The van der Waals surface area contributed by atoms with Crippen molar-refractivity contribution in [1.29, 1.82) is 0 Å². The maximum Gasteiger partial charge on any atom is 0.435 e. The summed E-state index contributed by atoms with van der Waals surface area (Å²) in [6, 6.07) is 7.34. The number of carbonyl (C=O) groups is 1. The molecule has 0 spiro atoms. The molecule has 2 aromatic rings. The second kappa shape index (κ2) is 7.69. The van der Waals surface area contributed by atoms with Gasteiger partial charge < -0.3 is 10.2 Å². The van der Waals surface area contributed by atoms with Crippen molar-refractivity contribution in [3.63, 3.8) is 0 Å². The number of hydrogen-bond acceptors (Lipinski definition) is 5. The third kappa shape index (κ3) is 4.53. The summed E-state index contributed by atoms with van der Waals surface area (Å²) in [6.07, 6.45) is 1.48. The fraction of sp³-hybridized carbons (Fsp3) is 0.211. The highest BCUT2D eigenvalue weighted by Gasteiger charge is 2.33. The maximum atomic E-state index is 12.7. The van der Waals surface area contributed by atoms with E-state index in [4.69, 9.17) is 0 Å². The van der Waals surface area contributed by atoms with Crippen molar-refractivity contribution in [1.82, 2.24) is 20.0 Å². The molecule has 1 aromatic heterocycles. The van der Waals surface area contributed by atoms with Gasteiger partial charge in [-0.2, -0.15) is 18.3 Å². The summed E-state index contributed by atoms with van der Waals surface area (Å²) in [5.41, 5.74) is 0.282. The van der Waals surface area contributed by atoms with Gasteiger partial charge in [0.25, 0.3) is 15.9 Å². The van der Waals surface area contributed by atoms with Crippen molar-refractivity contribution >= 4 is 21.8 Å². The summed E-state index contributed by atoms with van der Waals surface area (Å²) in [5.74, 6) is -0.528. The van der Waals surface area contributed by atoms with Crippen LogP contribution in [0, 0.1) is 0 Å². The molecule has 1 amide bonds. The lowest BCUT2D eigenvalue weighted by Crippen LogP contribution is -2.42. The lowest BCUT2D eigenvalue weighted by molar-refractivity contribution is -0.141. The van der Waals surface area contributed by atoms with Crippen LogP contribution in [0.2, 0.25) is 0 Å². The second-order valence-corrected chi connectivity index (χ2v) is 8.56. The molecule has 8 nitrogen and oxygen atoms in total. The molecule has 1 N–H and O–H groups in total. The van der Waals surface area contributed by atoms with E-state index in [9.17, 15) is 26.4 Å². The molecule has 162 valence electrons. The number of sulfonamides is 1. The first-order chi connectivity index (χ1) is 14.6. The standard InChI is InChI=1S/C19H16F3N5O3S/c20-19(21,22)16-7-9-27(24-16)14-5-3-13(4-6-14)12-23-18(28)15-2-1-8-26-10-11-31(29,30)25-17(15)26/h1-9H,10-12H2,(H,23,28). The summed E-state index contributed by atoms with van der Waals surface area (Å²) in [4.78, 5) is 14.2. The van der Waals surface area contributed by atoms with E-state index in [0.717, 1.165) is 10.7 Å². The van der Waals surface area contributed by atoms with Crippen LogP contribution in [0.25, 0.3) is 5.69 Å². The Morgan fingerprint density at radius 1 is 1.16 bits per heavy atom. The first-order valence-electron chi connectivity index (χ1n) is 9.11. The predicted octanol–water partition coefficient (Wildman–Crippen LogP) is 2.00. The third-order valence-electron chi connectivity index (χ3n) is 4.64. The molecule has 12 heteroatoms. The van der Waals surface area contributed by atoms with Crippen LogP contribution in [0.15, 0.2) is 64.9 Å². The number of rotatable bonds is 4. The molecule has 1 aromatic carbocycles. The molecule has 0 atom stereocenters. The number of benzene rings is 1. The molecule has 0 radical (unpaired) electrons. The van der Waals surface area contributed by atoms with Crippen molar-refractivity contribution in [3.8, 4) is 5.69 Å². The van der Waals surface area contributed by atoms with E-state index in [1.165, 1.54) is 12.3 Å². The average Bonchev–Trinajstić information content (AvgIpc) is 3.22. The Bertz CT molecular complexity index is 1210. The lowest BCUT2D eigenvalue weighted by atomic mass is 10.1. The Morgan fingerprint density at radius 2 is 1.90 bits per heavy atom. The van der Waals surface area contributed by atoms with Crippen LogP contribution in [0.5, 0.6) is 0 Å². The fourth-order valence-corrected chi connectivity index (χ4v) is 4.04. The molecule has 0 fully saturated rings. The highest BCUT2D eigenvalue weighted by atomic mass is 32.2. The normalized spacial score (nSPS) is 17.6. The zero-order valence-corrected chi connectivity index (χ0v) is 16.7. The van der Waals surface area contributed by atoms with Crippen LogP contribution in [0.3, 0.4) is 0 Å². The number of fused-ring (bicyclic) bond motifs is 1. The molecule has 0 saturated heterocycles. The van der Waals surface area contributed by atoms with E-state index in [-0.39, 0.29) is 30.3 Å². The molecular formula is C19H16F3N5O3S. The number of nitrogens with zero attached hydrogens (tertiary/aromatic N) is 4. The molecule has 4 rings (SSSR count). The van der Waals surface area contributed by atoms with Crippen molar-refractivity contribution in [2.24, 2.45) is 4.40 Å². The Labute approximate surface area is 175 Å².